The minimum Gasteiger partial charge on any atom is -0.465 e. The van der Waals surface area contributed by atoms with Crippen LogP contribution < -0.4 is 10.9 Å². The Morgan fingerprint density at radius 1 is 1.39 bits per heavy atom. The molecule has 1 amide bonds. The fraction of sp³-hybridized carbons (Fsp3) is 0.417. The van der Waals surface area contributed by atoms with Crippen LogP contribution in [0.15, 0.2) is 29.2 Å². The van der Waals surface area contributed by atoms with Crippen molar-refractivity contribution in [1.29, 1.82) is 0 Å². The Bertz CT molecular complexity index is 467. The van der Waals surface area contributed by atoms with E-state index < -0.39 is 5.97 Å². The number of rotatable bonds is 6. The molecular formula is C12H16N2O4. The molecule has 1 rings (SSSR count). The molecule has 0 spiro atoms. The molecule has 1 N–H and O–H groups in total. The van der Waals surface area contributed by atoms with Crippen LogP contribution >= 0.6 is 0 Å². The highest BCUT2D eigenvalue weighted by atomic mass is 16.5. The summed E-state index contributed by atoms with van der Waals surface area (Å²) in [5, 5.41) is 2.43. The van der Waals surface area contributed by atoms with Gasteiger partial charge in [-0.15, -0.1) is 0 Å². The zero-order chi connectivity index (χ0) is 13.4. The Hall–Kier alpha value is -2.11. The van der Waals surface area contributed by atoms with Crippen molar-refractivity contribution in [1.82, 2.24) is 9.88 Å². The molecule has 1 aromatic heterocycles. The van der Waals surface area contributed by atoms with Gasteiger partial charge in [-0.05, 0) is 13.0 Å². The summed E-state index contributed by atoms with van der Waals surface area (Å²) in [5.74, 6) is -0.762. The number of hydrogen-bond donors (Lipinski definition) is 1. The summed E-state index contributed by atoms with van der Waals surface area (Å²) in [7, 11) is 0. The van der Waals surface area contributed by atoms with Crippen LogP contribution in [0.2, 0.25) is 0 Å². The molecule has 0 saturated carbocycles. The van der Waals surface area contributed by atoms with Crippen LogP contribution in [-0.4, -0.2) is 29.6 Å². The van der Waals surface area contributed by atoms with Gasteiger partial charge >= 0.3 is 5.97 Å². The summed E-state index contributed by atoms with van der Waals surface area (Å²) in [5.41, 5.74) is -0.157. The highest BCUT2D eigenvalue weighted by molar-refractivity contribution is 5.81. The molecule has 1 heterocycles. The van der Waals surface area contributed by atoms with Gasteiger partial charge in [0, 0.05) is 25.2 Å². The van der Waals surface area contributed by atoms with E-state index in [0.29, 0.717) is 0 Å². The van der Waals surface area contributed by atoms with E-state index in [9.17, 15) is 14.4 Å². The van der Waals surface area contributed by atoms with Gasteiger partial charge in [0.25, 0.3) is 5.56 Å². The highest BCUT2D eigenvalue weighted by Gasteiger charge is 2.06. The maximum Gasteiger partial charge on any atom is 0.325 e. The zero-order valence-corrected chi connectivity index (χ0v) is 10.2. The molecule has 18 heavy (non-hydrogen) atoms. The van der Waals surface area contributed by atoms with Crippen molar-refractivity contribution in [3.05, 3.63) is 34.7 Å². The highest BCUT2D eigenvalue weighted by Crippen LogP contribution is 1.88. The van der Waals surface area contributed by atoms with Gasteiger partial charge in [0.1, 0.15) is 6.54 Å². The van der Waals surface area contributed by atoms with E-state index in [1.165, 1.54) is 10.6 Å². The molecule has 0 bridgehead atoms. The Labute approximate surface area is 105 Å². The zero-order valence-electron chi connectivity index (χ0n) is 10.2. The third-order valence-corrected chi connectivity index (χ3v) is 2.21. The van der Waals surface area contributed by atoms with Gasteiger partial charge in [-0.2, -0.15) is 0 Å². The van der Waals surface area contributed by atoms with E-state index in [1.807, 2.05) is 0 Å². The second-order valence-electron chi connectivity index (χ2n) is 3.56. The lowest BCUT2D eigenvalue weighted by atomic mass is 10.3. The van der Waals surface area contributed by atoms with Gasteiger partial charge < -0.3 is 14.6 Å². The number of aromatic nitrogens is 1. The van der Waals surface area contributed by atoms with Crippen molar-refractivity contribution in [2.24, 2.45) is 0 Å². The Morgan fingerprint density at radius 2 is 2.17 bits per heavy atom. The first kappa shape index (κ1) is 14.0. The molecule has 0 radical (unpaired) electrons. The molecule has 6 nitrogen and oxygen atoms in total. The average Bonchev–Trinajstić information content (AvgIpc) is 2.36. The molecule has 98 valence electrons. The van der Waals surface area contributed by atoms with Crippen molar-refractivity contribution in [2.45, 2.75) is 19.9 Å². The van der Waals surface area contributed by atoms with Crippen LogP contribution in [0, 0.1) is 0 Å². The lowest BCUT2D eigenvalue weighted by molar-refractivity contribution is -0.143. The van der Waals surface area contributed by atoms with Crippen LogP contribution in [0.4, 0.5) is 0 Å². The van der Waals surface area contributed by atoms with Gasteiger partial charge in [-0.25, -0.2) is 0 Å². The molecule has 0 aromatic carbocycles. The molecule has 0 aliphatic rings. The van der Waals surface area contributed by atoms with Crippen LogP contribution in [0.3, 0.4) is 0 Å². The smallest absolute Gasteiger partial charge is 0.325 e. The molecular weight excluding hydrogens is 236 g/mol. The molecule has 6 heteroatoms. The van der Waals surface area contributed by atoms with Gasteiger partial charge in [0.2, 0.25) is 5.91 Å². The molecule has 0 atom stereocenters. The van der Waals surface area contributed by atoms with Gasteiger partial charge in [0.05, 0.1) is 6.61 Å². The second-order valence-corrected chi connectivity index (χ2v) is 3.56. The summed E-state index contributed by atoms with van der Waals surface area (Å²) in [6, 6.07) is 4.79. The third kappa shape index (κ3) is 4.82. The third-order valence-electron chi connectivity index (χ3n) is 2.21. The Kier molecular flexibility index (Phi) is 5.63. The Balaban J connectivity index is 2.32. The number of carbonyl (C=O) groups excluding carboxylic acids is 2. The summed E-state index contributed by atoms with van der Waals surface area (Å²) in [4.78, 5) is 33.7. The average molecular weight is 252 g/mol. The van der Waals surface area contributed by atoms with Crippen LogP contribution in [0.5, 0.6) is 0 Å². The number of nitrogens with zero attached hydrogens (tertiary/aromatic N) is 1. The van der Waals surface area contributed by atoms with Crippen LogP contribution in [0.25, 0.3) is 0 Å². The molecule has 0 fully saturated rings. The molecule has 0 aliphatic carbocycles. The van der Waals surface area contributed by atoms with E-state index in [1.54, 1.807) is 25.3 Å². The van der Waals surface area contributed by atoms with E-state index >= 15 is 0 Å². The second kappa shape index (κ2) is 7.26. The number of ether oxygens (including phenoxy) is 1. The van der Waals surface area contributed by atoms with Crippen LogP contribution in [-0.2, 0) is 20.9 Å². The minimum atomic E-state index is -0.470. The van der Waals surface area contributed by atoms with Crippen molar-refractivity contribution >= 4 is 11.9 Å². The topological polar surface area (TPSA) is 77.4 Å². The maximum atomic E-state index is 11.4. The Morgan fingerprint density at radius 3 is 2.83 bits per heavy atom. The van der Waals surface area contributed by atoms with Gasteiger partial charge in [-0.1, -0.05) is 6.07 Å². The lowest BCUT2D eigenvalue weighted by Crippen LogP contribution is -2.32. The fourth-order valence-corrected chi connectivity index (χ4v) is 1.34. The van der Waals surface area contributed by atoms with Gasteiger partial charge in [0.15, 0.2) is 0 Å². The monoisotopic (exact) mass is 252 g/mol. The fourth-order valence-electron chi connectivity index (χ4n) is 1.34. The predicted octanol–water partition coefficient (Wildman–Crippen LogP) is -0.0823. The summed E-state index contributed by atoms with van der Waals surface area (Å²) in [6.45, 7) is 2.13. The first-order valence-corrected chi connectivity index (χ1v) is 5.71. The maximum absolute atomic E-state index is 11.4. The lowest BCUT2D eigenvalue weighted by Gasteiger charge is -2.06. The molecule has 0 aliphatic heterocycles. The number of nitrogens with one attached hydrogen (secondary N) is 1. The number of esters is 1. The first-order valence-electron chi connectivity index (χ1n) is 5.71. The minimum absolute atomic E-state index is 0.142. The van der Waals surface area contributed by atoms with E-state index in [-0.39, 0.29) is 37.6 Å². The van der Waals surface area contributed by atoms with Crippen molar-refractivity contribution in [3.63, 3.8) is 0 Å². The number of amides is 1. The SMILES string of the molecule is CCOC(=O)CNC(=O)CCn1ccccc1=O. The number of pyridine rings is 1. The predicted molar refractivity (Wildman–Crippen MR) is 65.0 cm³/mol. The van der Waals surface area contributed by atoms with Gasteiger partial charge in [-0.3, -0.25) is 14.4 Å². The van der Waals surface area contributed by atoms with Crippen molar-refractivity contribution in [2.75, 3.05) is 13.2 Å². The molecule has 1 aromatic rings. The molecule has 0 unspecified atom stereocenters. The summed E-state index contributed by atoms with van der Waals surface area (Å²) in [6.07, 6.45) is 1.75. The van der Waals surface area contributed by atoms with E-state index in [0.717, 1.165) is 0 Å². The summed E-state index contributed by atoms with van der Waals surface area (Å²) >= 11 is 0. The van der Waals surface area contributed by atoms with Crippen molar-refractivity contribution in [3.8, 4) is 0 Å². The number of carbonyl (C=O) groups is 2. The standard InChI is InChI=1S/C12H16N2O4/c1-2-18-12(17)9-13-10(15)6-8-14-7-4-3-5-11(14)16/h3-5,7H,2,6,8-9H2,1H3,(H,13,15). The number of hydrogen-bond acceptors (Lipinski definition) is 4. The van der Waals surface area contributed by atoms with E-state index in [4.69, 9.17) is 0 Å². The number of aryl methyl sites for hydroxylation is 1. The molecule has 0 saturated heterocycles. The van der Waals surface area contributed by atoms with Crippen molar-refractivity contribution < 1.29 is 14.3 Å². The van der Waals surface area contributed by atoms with E-state index in [2.05, 4.69) is 10.1 Å². The normalized spacial score (nSPS) is 9.83. The first-order chi connectivity index (χ1) is 8.63. The summed E-state index contributed by atoms with van der Waals surface area (Å²) < 4.78 is 6.10. The quantitative estimate of drug-likeness (QED) is 0.718. The van der Waals surface area contributed by atoms with Crippen LogP contribution in [0.1, 0.15) is 13.3 Å². The largest absolute Gasteiger partial charge is 0.465 e.